The molecule has 0 saturated carbocycles. The zero-order valence-corrected chi connectivity index (χ0v) is 7.12. The summed E-state index contributed by atoms with van der Waals surface area (Å²) in [6, 6.07) is -0.713. The van der Waals surface area contributed by atoms with Crippen molar-refractivity contribution in [3.05, 3.63) is 0 Å². The lowest BCUT2D eigenvalue weighted by molar-refractivity contribution is 0.208. The van der Waals surface area contributed by atoms with E-state index < -0.39 is 6.03 Å². The van der Waals surface area contributed by atoms with Gasteiger partial charge in [0.25, 0.3) is 6.08 Å². The molecule has 0 aliphatic rings. The molecule has 0 bridgehead atoms. The van der Waals surface area contributed by atoms with Gasteiger partial charge in [0.15, 0.2) is 0 Å². The molecule has 0 fully saturated rings. The molecule has 0 saturated heterocycles. The second-order valence-corrected chi connectivity index (χ2v) is 2.36. The fourth-order valence-corrected chi connectivity index (χ4v) is 0.770. The van der Waals surface area contributed by atoms with E-state index in [4.69, 9.17) is 5.73 Å². The number of unbranched alkanes of at least 4 members (excludes halogenated alkanes) is 2. The Labute approximate surface area is 71.2 Å². The normalized spacial score (nSPS) is 8.75. The first kappa shape index (κ1) is 10.7. The van der Waals surface area contributed by atoms with E-state index in [1.165, 1.54) is 6.08 Å². The average Bonchev–Trinajstić information content (AvgIpc) is 2.03. The number of hydrogen-bond donors (Lipinski definition) is 1. The lowest BCUT2D eigenvalue weighted by atomic mass is 10.2. The van der Waals surface area contributed by atoms with Crippen molar-refractivity contribution >= 4 is 12.1 Å². The molecule has 12 heavy (non-hydrogen) atoms. The Kier molecular flexibility index (Phi) is 5.65. The highest BCUT2D eigenvalue weighted by Crippen LogP contribution is 1.97. The van der Waals surface area contributed by atoms with Crippen LogP contribution in [0.2, 0.25) is 0 Å². The third kappa shape index (κ3) is 4.46. The van der Waals surface area contributed by atoms with Crippen LogP contribution in [0.3, 0.4) is 0 Å². The van der Waals surface area contributed by atoms with Crippen LogP contribution >= 0.6 is 0 Å². The van der Waals surface area contributed by atoms with E-state index in [1.807, 2.05) is 6.92 Å². The molecule has 68 valence electrons. The van der Waals surface area contributed by atoms with Crippen molar-refractivity contribution in [1.82, 2.24) is 5.01 Å². The lowest BCUT2D eigenvalue weighted by Gasteiger charge is -2.10. The Hall–Kier alpha value is -1.35. The van der Waals surface area contributed by atoms with E-state index in [2.05, 4.69) is 5.10 Å². The number of nitrogens with two attached hydrogens (primary N) is 1. The fraction of sp³-hybridized carbons (Fsp3) is 0.714. The summed E-state index contributed by atoms with van der Waals surface area (Å²) in [6.07, 6.45) is 4.10. The van der Waals surface area contributed by atoms with Gasteiger partial charge in [-0.15, -0.1) is 0 Å². The smallest absolute Gasteiger partial charge is 0.335 e. The summed E-state index contributed by atoms with van der Waals surface area (Å²) in [6.45, 7) is 2.43. The van der Waals surface area contributed by atoms with Crippen LogP contribution in [-0.2, 0) is 4.79 Å². The van der Waals surface area contributed by atoms with Crippen LogP contribution in [0.15, 0.2) is 5.10 Å². The van der Waals surface area contributed by atoms with Gasteiger partial charge in [0.1, 0.15) is 0 Å². The summed E-state index contributed by atoms with van der Waals surface area (Å²) >= 11 is 0. The summed E-state index contributed by atoms with van der Waals surface area (Å²) in [5.74, 6) is 0. The van der Waals surface area contributed by atoms with E-state index in [1.54, 1.807) is 0 Å². The molecular formula is C7H13N3O2. The standard InChI is InChI=1S/C7H13N3O2/c1-2-3-4-5-10(7(8)12)9-6-11/h2-5H2,1H3,(H2,8,12). The highest BCUT2D eigenvalue weighted by molar-refractivity contribution is 5.72. The number of isocyanates is 1. The predicted molar refractivity (Wildman–Crippen MR) is 43.9 cm³/mol. The lowest BCUT2D eigenvalue weighted by Crippen LogP contribution is -2.31. The molecule has 0 aromatic heterocycles. The Bertz CT molecular complexity index is 185. The first-order valence-corrected chi connectivity index (χ1v) is 3.87. The molecule has 2 N–H and O–H groups in total. The van der Waals surface area contributed by atoms with Crippen LogP contribution in [0.1, 0.15) is 26.2 Å². The minimum atomic E-state index is -0.713. The van der Waals surface area contributed by atoms with Gasteiger partial charge in [-0.05, 0) is 6.42 Å². The molecule has 0 aromatic rings. The molecule has 0 atom stereocenters. The van der Waals surface area contributed by atoms with E-state index in [9.17, 15) is 9.59 Å². The van der Waals surface area contributed by atoms with Crippen LogP contribution in [0, 0.1) is 0 Å². The summed E-state index contributed by atoms with van der Waals surface area (Å²) in [5, 5.41) is 4.07. The van der Waals surface area contributed by atoms with Crippen molar-refractivity contribution in [1.29, 1.82) is 0 Å². The largest absolute Gasteiger partial charge is 0.350 e. The first-order chi connectivity index (χ1) is 5.72. The van der Waals surface area contributed by atoms with Gasteiger partial charge in [-0.3, -0.25) is 0 Å². The number of hydrogen-bond acceptors (Lipinski definition) is 3. The van der Waals surface area contributed by atoms with Crippen molar-refractivity contribution in [2.45, 2.75) is 26.2 Å². The molecule has 0 aliphatic carbocycles. The third-order valence-corrected chi connectivity index (χ3v) is 1.39. The molecule has 0 spiro atoms. The van der Waals surface area contributed by atoms with Crippen molar-refractivity contribution in [2.75, 3.05) is 6.54 Å². The molecule has 2 amide bonds. The molecule has 0 rings (SSSR count). The quantitative estimate of drug-likeness (QED) is 0.287. The maximum Gasteiger partial charge on any atom is 0.335 e. The third-order valence-electron chi connectivity index (χ3n) is 1.39. The van der Waals surface area contributed by atoms with Crippen LogP contribution in [0.5, 0.6) is 0 Å². The monoisotopic (exact) mass is 171 g/mol. The molecule has 0 radical (unpaired) electrons. The highest BCUT2D eigenvalue weighted by atomic mass is 16.2. The molecule has 0 aliphatic heterocycles. The molecule has 0 unspecified atom stereocenters. The summed E-state index contributed by atoms with van der Waals surface area (Å²) in [5.41, 5.74) is 4.92. The summed E-state index contributed by atoms with van der Waals surface area (Å²) in [7, 11) is 0. The van der Waals surface area contributed by atoms with E-state index >= 15 is 0 Å². The van der Waals surface area contributed by atoms with Crippen molar-refractivity contribution in [3.63, 3.8) is 0 Å². The zero-order valence-electron chi connectivity index (χ0n) is 7.12. The minimum Gasteiger partial charge on any atom is -0.350 e. The van der Waals surface area contributed by atoms with Gasteiger partial charge >= 0.3 is 6.03 Å². The minimum absolute atomic E-state index is 0.387. The maximum atomic E-state index is 10.6. The topological polar surface area (TPSA) is 75.8 Å². The number of primary amides is 1. The molecule has 5 nitrogen and oxygen atoms in total. The number of amides is 2. The Morgan fingerprint density at radius 1 is 1.58 bits per heavy atom. The second kappa shape index (κ2) is 6.37. The van der Waals surface area contributed by atoms with Gasteiger partial charge in [0.2, 0.25) is 0 Å². The van der Waals surface area contributed by atoms with Crippen molar-refractivity contribution in [3.8, 4) is 0 Å². The summed E-state index contributed by atoms with van der Waals surface area (Å²) < 4.78 is 0. The van der Waals surface area contributed by atoms with Gasteiger partial charge < -0.3 is 5.73 Å². The van der Waals surface area contributed by atoms with E-state index in [0.29, 0.717) is 6.54 Å². The molecule has 5 heteroatoms. The predicted octanol–water partition coefficient (Wildman–Crippen LogP) is 0.808. The van der Waals surface area contributed by atoms with Gasteiger partial charge in [-0.2, -0.15) is 0 Å². The van der Waals surface area contributed by atoms with Crippen LogP contribution < -0.4 is 5.73 Å². The summed E-state index contributed by atoms with van der Waals surface area (Å²) in [4.78, 5) is 20.4. The number of hydrazone groups is 1. The Morgan fingerprint density at radius 3 is 2.67 bits per heavy atom. The number of urea groups is 1. The SMILES string of the molecule is CCCCCN(N=C=O)C(N)=O. The Balaban J connectivity index is 3.79. The van der Waals surface area contributed by atoms with Gasteiger partial charge in [0.05, 0.1) is 0 Å². The van der Waals surface area contributed by atoms with Crippen molar-refractivity contribution in [2.24, 2.45) is 10.8 Å². The Morgan fingerprint density at radius 2 is 2.25 bits per heavy atom. The highest BCUT2D eigenvalue weighted by Gasteiger charge is 2.05. The van der Waals surface area contributed by atoms with Gasteiger partial charge in [-0.1, -0.05) is 24.9 Å². The van der Waals surface area contributed by atoms with Crippen molar-refractivity contribution < 1.29 is 9.59 Å². The number of carbonyl (C=O) groups excluding carboxylic acids is 2. The molecule has 0 heterocycles. The zero-order chi connectivity index (χ0) is 9.40. The molecule has 0 aromatic carbocycles. The number of carbonyl (C=O) groups is 1. The van der Waals surface area contributed by atoms with Gasteiger partial charge in [0, 0.05) is 6.54 Å². The van der Waals surface area contributed by atoms with Crippen LogP contribution in [0.4, 0.5) is 4.79 Å². The van der Waals surface area contributed by atoms with E-state index in [0.717, 1.165) is 24.3 Å². The fourth-order valence-electron chi connectivity index (χ4n) is 0.770. The van der Waals surface area contributed by atoms with Gasteiger partial charge in [-0.25, -0.2) is 14.6 Å². The van der Waals surface area contributed by atoms with Crippen LogP contribution in [-0.4, -0.2) is 23.7 Å². The van der Waals surface area contributed by atoms with Crippen LogP contribution in [0.25, 0.3) is 0 Å². The van der Waals surface area contributed by atoms with E-state index in [-0.39, 0.29) is 0 Å². The number of nitrogens with zero attached hydrogens (tertiary/aromatic N) is 2. The maximum absolute atomic E-state index is 10.6. The second-order valence-electron chi connectivity index (χ2n) is 2.36. The average molecular weight is 171 g/mol. The number of rotatable bonds is 5. The molecular weight excluding hydrogens is 158 g/mol. The first-order valence-electron chi connectivity index (χ1n) is 3.87.